The van der Waals surface area contributed by atoms with Crippen LogP contribution in [-0.4, -0.2) is 20.8 Å². The Kier molecular flexibility index (Phi) is 5.29. The summed E-state index contributed by atoms with van der Waals surface area (Å²) in [5, 5.41) is 6.24. The molecule has 1 aromatic carbocycles. The summed E-state index contributed by atoms with van der Waals surface area (Å²) in [6, 6.07) is 7.83. The van der Waals surface area contributed by atoms with Gasteiger partial charge in [-0.25, -0.2) is 0 Å². The zero-order valence-electron chi connectivity index (χ0n) is 11.8. The average Bonchev–Trinajstić information content (AvgIpc) is 2.90. The van der Waals surface area contributed by atoms with Crippen molar-refractivity contribution in [2.24, 2.45) is 0 Å². The maximum Gasteiger partial charge on any atom is 0.122 e. The van der Waals surface area contributed by atoms with Crippen molar-refractivity contribution in [3.8, 4) is 11.5 Å². The highest BCUT2D eigenvalue weighted by atomic mass is 35.5. The van der Waals surface area contributed by atoms with Gasteiger partial charge in [0.05, 0.1) is 25.3 Å². The molecular weight excluding hydrogens is 294 g/mol. The van der Waals surface area contributed by atoms with E-state index in [2.05, 4.69) is 12.2 Å². The summed E-state index contributed by atoms with van der Waals surface area (Å²) in [4.78, 5) is 1.10. The number of halogens is 1. The summed E-state index contributed by atoms with van der Waals surface area (Å²) in [6.07, 6.45) is 0. The van der Waals surface area contributed by atoms with Crippen molar-refractivity contribution in [3.05, 3.63) is 45.1 Å². The first-order valence-electron chi connectivity index (χ1n) is 6.38. The van der Waals surface area contributed by atoms with Crippen LogP contribution in [0.25, 0.3) is 0 Å². The fourth-order valence-corrected chi connectivity index (χ4v) is 3.34. The number of benzene rings is 1. The van der Waals surface area contributed by atoms with E-state index in [9.17, 15) is 0 Å². The maximum atomic E-state index is 6.28. The normalized spacial score (nSPS) is 12.2. The Morgan fingerprint density at radius 1 is 1.20 bits per heavy atom. The lowest BCUT2D eigenvalue weighted by molar-refractivity contribution is 0.392. The molecule has 20 heavy (non-hydrogen) atoms. The van der Waals surface area contributed by atoms with Gasteiger partial charge in [0.15, 0.2) is 0 Å². The Balaban J connectivity index is 2.46. The van der Waals surface area contributed by atoms with Gasteiger partial charge in [0.2, 0.25) is 0 Å². The molecule has 0 fully saturated rings. The Labute approximate surface area is 128 Å². The topological polar surface area (TPSA) is 30.5 Å². The van der Waals surface area contributed by atoms with Crippen LogP contribution in [0.3, 0.4) is 0 Å². The Bertz CT molecular complexity index is 549. The van der Waals surface area contributed by atoms with Gasteiger partial charge in [-0.05, 0) is 35.7 Å². The van der Waals surface area contributed by atoms with E-state index in [4.69, 9.17) is 21.1 Å². The second-order valence-corrected chi connectivity index (χ2v) is 5.62. The second-order valence-electron chi connectivity index (χ2n) is 4.27. The minimum absolute atomic E-state index is 0.0384. The van der Waals surface area contributed by atoms with Crippen molar-refractivity contribution >= 4 is 22.9 Å². The molecule has 2 aromatic rings. The van der Waals surface area contributed by atoms with Crippen LogP contribution >= 0.6 is 22.9 Å². The summed E-state index contributed by atoms with van der Waals surface area (Å²) < 4.78 is 10.7. The number of ether oxygens (including phenoxy) is 2. The van der Waals surface area contributed by atoms with E-state index in [1.165, 1.54) is 0 Å². The van der Waals surface area contributed by atoms with Crippen LogP contribution in [0.1, 0.15) is 23.4 Å². The molecule has 2 rings (SSSR count). The molecule has 0 radical (unpaired) electrons. The summed E-state index contributed by atoms with van der Waals surface area (Å²) >= 11 is 7.92. The van der Waals surface area contributed by atoms with Gasteiger partial charge in [-0.15, -0.1) is 11.3 Å². The van der Waals surface area contributed by atoms with Crippen molar-refractivity contribution in [1.82, 2.24) is 5.32 Å². The fraction of sp³-hybridized carbons (Fsp3) is 0.333. The molecule has 1 aromatic heterocycles. The summed E-state index contributed by atoms with van der Waals surface area (Å²) in [7, 11) is 3.30. The first kappa shape index (κ1) is 15.2. The van der Waals surface area contributed by atoms with E-state index in [-0.39, 0.29) is 6.04 Å². The van der Waals surface area contributed by atoms with E-state index in [1.54, 1.807) is 25.6 Å². The van der Waals surface area contributed by atoms with Crippen LogP contribution in [0, 0.1) is 0 Å². The van der Waals surface area contributed by atoms with E-state index in [0.29, 0.717) is 0 Å². The van der Waals surface area contributed by atoms with Crippen molar-refractivity contribution < 1.29 is 9.47 Å². The predicted molar refractivity (Wildman–Crippen MR) is 84.4 cm³/mol. The van der Waals surface area contributed by atoms with E-state index in [0.717, 1.165) is 33.5 Å². The average molecular weight is 312 g/mol. The molecule has 1 atom stereocenters. The standard InChI is InChI=1S/C15H18ClNO2S/c1-4-17-14(15-13(16)5-6-20-15)10-7-11(18-2)9-12(8-10)19-3/h5-9,14,17H,4H2,1-3H3. The Morgan fingerprint density at radius 3 is 2.30 bits per heavy atom. The van der Waals surface area contributed by atoms with Crippen LogP contribution < -0.4 is 14.8 Å². The van der Waals surface area contributed by atoms with Gasteiger partial charge in [0.25, 0.3) is 0 Å². The highest BCUT2D eigenvalue weighted by molar-refractivity contribution is 7.10. The molecule has 108 valence electrons. The van der Waals surface area contributed by atoms with Crippen LogP contribution in [0.4, 0.5) is 0 Å². The molecule has 0 amide bonds. The minimum Gasteiger partial charge on any atom is -0.497 e. The van der Waals surface area contributed by atoms with Crippen LogP contribution in [0.15, 0.2) is 29.6 Å². The van der Waals surface area contributed by atoms with Gasteiger partial charge in [-0.1, -0.05) is 18.5 Å². The van der Waals surface area contributed by atoms with Crippen molar-refractivity contribution in [2.75, 3.05) is 20.8 Å². The lowest BCUT2D eigenvalue weighted by Gasteiger charge is -2.19. The van der Waals surface area contributed by atoms with Crippen LogP contribution in [0.2, 0.25) is 5.02 Å². The zero-order chi connectivity index (χ0) is 14.5. The first-order valence-corrected chi connectivity index (χ1v) is 7.64. The summed E-state index contributed by atoms with van der Waals surface area (Å²) in [5.74, 6) is 1.55. The van der Waals surface area contributed by atoms with Gasteiger partial charge < -0.3 is 14.8 Å². The molecule has 1 heterocycles. The number of methoxy groups -OCH3 is 2. The number of rotatable bonds is 6. The predicted octanol–water partition coefficient (Wildman–Crippen LogP) is 4.12. The highest BCUT2D eigenvalue weighted by Crippen LogP contribution is 2.35. The van der Waals surface area contributed by atoms with Crippen molar-refractivity contribution in [3.63, 3.8) is 0 Å². The van der Waals surface area contributed by atoms with Crippen LogP contribution in [0.5, 0.6) is 11.5 Å². The summed E-state index contributed by atoms with van der Waals surface area (Å²) in [6.45, 7) is 2.92. The molecule has 0 bridgehead atoms. The smallest absolute Gasteiger partial charge is 0.122 e. The molecule has 1 N–H and O–H groups in total. The Morgan fingerprint density at radius 2 is 1.85 bits per heavy atom. The van der Waals surface area contributed by atoms with E-state index in [1.807, 2.05) is 29.6 Å². The maximum absolute atomic E-state index is 6.28. The number of nitrogens with one attached hydrogen (secondary N) is 1. The molecular formula is C15H18ClNO2S. The van der Waals surface area contributed by atoms with Gasteiger partial charge >= 0.3 is 0 Å². The molecule has 0 aliphatic rings. The molecule has 3 nitrogen and oxygen atoms in total. The monoisotopic (exact) mass is 311 g/mol. The molecule has 1 unspecified atom stereocenters. The third kappa shape index (κ3) is 3.26. The molecule has 0 saturated carbocycles. The largest absolute Gasteiger partial charge is 0.497 e. The van der Waals surface area contributed by atoms with Crippen molar-refractivity contribution in [1.29, 1.82) is 0 Å². The highest BCUT2D eigenvalue weighted by Gasteiger charge is 2.19. The molecule has 0 saturated heterocycles. The SMILES string of the molecule is CCNC(c1cc(OC)cc(OC)c1)c1sccc1Cl. The molecule has 5 heteroatoms. The lowest BCUT2D eigenvalue weighted by Crippen LogP contribution is -2.21. The van der Waals surface area contributed by atoms with Gasteiger partial charge in [0, 0.05) is 10.9 Å². The van der Waals surface area contributed by atoms with E-state index >= 15 is 0 Å². The molecule has 0 aliphatic heterocycles. The number of thiophene rings is 1. The zero-order valence-corrected chi connectivity index (χ0v) is 13.3. The van der Waals surface area contributed by atoms with Crippen molar-refractivity contribution in [2.45, 2.75) is 13.0 Å². The van der Waals surface area contributed by atoms with Gasteiger partial charge in [-0.2, -0.15) is 0 Å². The quantitative estimate of drug-likeness (QED) is 0.870. The molecule has 0 aliphatic carbocycles. The minimum atomic E-state index is 0.0384. The third-order valence-electron chi connectivity index (χ3n) is 3.02. The van der Waals surface area contributed by atoms with Gasteiger partial charge in [-0.3, -0.25) is 0 Å². The van der Waals surface area contributed by atoms with Gasteiger partial charge in [0.1, 0.15) is 11.5 Å². The summed E-state index contributed by atoms with van der Waals surface area (Å²) in [5.41, 5.74) is 1.08. The lowest BCUT2D eigenvalue weighted by atomic mass is 10.0. The van der Waals surface area contributed by atoms with Crippen LogP contribution in [-0.2, 0) is 0 Å². The second kappa shape index (κ2) is 6.97. The third-order valence-corrected chi connectivity index (χ3v) is 4.45. The van der Waals surface area contributed by atoms with E-state index < -0.39 is 0 Å². The fourth-order valence-electron chi connectivity index (χ4n) is 2.07. The molecule has 0 spiro atoms. The number of hydrogen-bond donors (Lipinski definition) is 1. The first-order chi connectivity index (χ1) is 9.69. The Hall–Kier alpha value is -1.23. The number of hydrogen-bond acceptors (Lipinski definition) is 4.